The molecule has 0 saturated carbocycles. The molecule has 0 bridgehead atoms. The van der Waals surface area contributed by atoms with Crippen LogP contribution >= 0.6 is 0 Å². The summed E-state index contributed by atoms with van der Waals surface area (Å²) < 4.78 is 0. The number of benzene rings is 8. The fraction of sp³-hybridized carbons (Fsp3) is 0.0612. The SMILES string of the molecule is CC1(C)c2ccccc2-c2ccc(N(c3ccc(-c4ccccc4)cc3)c3ccc(-c4ccc5cccc(-c6ccccc6)c5c4)cc3)cc21. The molecule has 0 atom stereocenters. The summed E-state index contributed by atoms with van der Waals surface area (Å²) in [5, 5.41) is 2.51. The van der Waals surface area contributed by atoms with Gasteiger partial charge in [0.1, 0.15) is 0 Å². The van der Waals surface area contributed by atoms with Crippen molar-refractivity contribution in [1.82, 2.24) is 0 Å². The van der Waals surface area contributed by atoms with Crippen LogP contribution < -0.4 is 4.90 Å². The molecular weight excluding hydrogens is 603 g/mol. The van der Waals surface area contributed by atoms with Crippen molar-refractivity contribution in [3.05, 3.63) is 199 Å². The lowest BCUT2D eigenvalue weighted by Crippen LogP contribution is -2.16. The first-order chi connectivity index (χ1) is 24.5. The molecule has 1 nitrogen and oxygen atoms in total. The molecule has 1 heteroatoms. The molecule has 0 unspecified atom stereocenters. The van der Waals surface area contributed by atoms with E-state index in [4.69, 9.17) is 0 Å². The van der Waals surface area contributed by atoms with Crippen molar-refractivity contribution in [1.29, 1.82) is 0 Å². The van der Waals surface area contributed by atoms with Gasteiger partial charge in [0.2, 0.25) is 0 Å². The van der Waals surface area contributed by atoms with Crippen LogP contribution in [0.4, 0.5) is 17.1 Å². The number of anilines is 3. The van der Waals surface area contributed by atoms with E-state index in [1.807, 2.05) is 0 Å². The predicted octanol–water partition coefficient (Wildman–Crippen LogP) is 13.6. The van der Waals surface area contributed by atoms with Gasteiger partial charge < -0.3 is 4.90 Å². The predicted molar refractivity (Wildman–Crippen MR) is 213 cm³/mol. The second kappa shape index (κ2) is 12.1. The van der Waals surface area contributed by atoms with Crippen molar-refractivity contribution in [3.8, 4) is 44.5 Å². The average molecular weight is 640 g/mol. The standard InChI is InChI=1S/C49H37N/c1-49(2)47-19-10-9-17-44(47)45-31-30-42(33-48(45)49)50(40-26-22-35(23-27-40)34-12-5-3-6-13-34)41-28-24-36(25-29-41)39-21-20-38-16-11-18-43(46(38)32-39)37-14-7-4-8-15-37/h3-33H,1-2H3. The number of hydrogen-bond donors (Lipinski definition) is 0. The van der Waals surface area contributed by atoms with E-state index in [9.17, 15) is 0 Å². The normalized spacial score (nSPS) is 12.8. The number of nitrogens with zero attached hydrogens (tertiary/aromatic N) is 1. The first-order valence-electron chi connectivity index (χ1n) is 17.4. The lowest BCUT2D eigenvalue weighted by Gasteiger charge is -2.28. The topological polar surface area (TPSA) is 3.24 Å². The molecule has 9 rings (SSSR count). The number of rotatable bonds is 6. The first-order valence-corrected chi connectivity index (χ1v) is 17.4. The fourth-order valence-corrected chi connectivity index (χ4v) is 7.84. The monoisotopic (exact) mass is 639 g/mol. The molecule has 0 saturated heterocycles. The van der Waals surface area contributed by atoms with Gasteiger partial charge >= 0.3 is 0 Å². The minimum absolute atomic E-state index is 0.0800. The smallest absolute Gasteiger partial charge is 0.0465 e. The Hall–Kier alpha value is -6.18. The summed E-state index contributed by atoms with van der Waals surface area (Å²) in [4.78, 5) is 2.39. The van der Waals surface area contributed by atoms with Gasteiger partial charge in [0.25, 0.3) is 0 Å². The van der Waals surface area contributed by atoms with Crippen LogP contribution in [0.1, 0.15) is 25.0 Å². The van der Waals surface area contributed by atoms with Gasteiger partial charge in [-0.15, -0.1) is 0 Å². The minimum Gasteiger partial charge on any atom is -0.310 e. The van der Waals surface area contributed by atoms with Crippen LogP contribution in [0.15, 0.2) is 188 Å². The largest absolute Gasteiger partial charge is 0.310 e. The van der Waals surface area contributed by atoms with Crippen LogP contribution in [0.3, 0.4) is 0 Å². The van der Waals surface area contributed by atoms with Crippen molar-refractivity contribution in [2.75, 3.05) is 4.90 Å². The minimum atomic E-state index is -0.0800. The van der Waals surface area contributed by atoms with Crippen LogP contribution in [0.25, 0.3) is 55.3 Å². The van der Waals surface area contributed by atoms with E-state index in [0.29, 0.717) is 0 Å². The Morgan fingerprint density at radius 1 is 0.340 bits per heavy atom. The molecule has 1 aliphatic rings. The fourth-order valence-electron chi connectivity index (χ4n) is 7.84. The first kappa shape index (κ1) is 29.9. The van der Waals surface area contributed by atoms with Crippen LogP contribution in [-0.4, -0.2) is 0 Å². The summed E-state index contributed by atoms with van der Waals surface area (Å²) in [6.07, 6.45) is 0. The van der Waals surface area contributed by atoms with Gasteiger partial charge in [0.15, 0.2) is 0 Å². The van der Waals surface area contributed by atoms with Crippen LogP contribution in [0.5, 0.6) is 0 Å². The molecule has 0 fully saturated rings. The quantitative estimate of drug-likeness (QED) is 0.175. The summed E-state index contributed by atoms with van der Waals surface area (Å²) >= 11 is 0. The second-order valence-electron chi connectivity index (χ2n) is 13.8. The van der Waals surface area contributed by atoms with Crippen molar-refractivity contribution in [2.45, 2.75) is 19.3 Å². The molecule has 0 aliphatic heterocycles. The van der Waals surface area contributed by atoms with Gasteiger partial charge in [-0.2, -0.15) is 0 Å². The summed E-state index contributed by atoms with van der Waals surface area (Å²) in [6, 6.07) is 68.6. The highest BCUT2D eigenvalue weighted by atomic mass is 15.1. The molecule has 0 N–H and O–H groups in total. The van der Waals surface area contributed by atoms with Gasteiger partial charge in [0, 0.05) is 22.5 Å². The highest BCUT2D eigenvalue weighted by molar-refractivity contribution is 5.99. The number of fused-ring (bicyclic) bond motifs is 4. The van der Waals surface area contributed by atoms with E-state index in [0.717, 1.165) is 17.1 Å². The zero-order valence-corrected chi connectivity index (χ0v) is 28.3. The van der Waals surface area contributed by atoms with Crippen molar-refractivity contribution < 1.29 is 0 Å². The van der Waals surface area contributed by atoms with E-state index in [1.54, 1.807) is 0 Å². The van der Waals surface area contributed by atoms with Crippen molar-refractivity contribution in [2.24, 2.45) is 0 Å². The van der Waals surface area contributed by atoms with E-state index in [-0.39, 0.29) is 5.41 Å². The zero-order chi connectivity index (χ0) is 33.7. The zero-order valence-electron chi connectivity index (χ0n) is 28.3. The van der Waals surface area contributed by atoms with Gasteiger partial charge in [-0.05, 0) is 109 Å². The summed E-state index contributed by atoms with van der Waals surface area (Å²) in [5.41, 5.74) is 16.1. The third kappa shape index (κ3) is 5.11. The maximum absolute atomic E-state index is 2.41. The molecule has 0 spiro atoms. The Labute approximate surface area is 294 Å². The molecule has 8 aromatic rings. The van der Waals surface area contributed by atoms with Crippen LogP contribution in [0, 0.1) is 0 Å². The highest BCUT2D eigenvalue weighted by Crippen LogP contribution is 2.50. The third-order valence-corrected chi connectivity index (χ3v) is 10.5. The lowest BCUT2D eigenvalue weighted by atomic mass is 9.82. The molecule has 50 heavy (non-hydrogen) atoms. The molecular formula is C49H37N. The van der Waals surface area contributed by atoms with Crippen LogP contribution in [-0.2, 0) is 5.41 Å². The Kier molecular flexibility index (Phi) is 7.21. The summed E-state index contributed by atoms with van der Waals surface area (Å²) in [7, 11) is 0. The summed E-state index contributed by atoms with van der Waals surface area (Å²) in [5.74, 6) is 0. The Bertz CT molecular complexity index is 2470. The maximum Gasteiger partial charge on any atom is 0.0465 e. The average Bonchev–Trinajstić information content (AvgIpc) is 3.41. The Balaban J connectivity index is 1.13. The molecule has 0 aromatic heterocycles. The maximum atomic E-state index is 2.41. The second-order valence-corrected chi connectivity index (χ2v) is 13.8. The van der Waals surface area contributed by atoms with Crippen molar-refractivity contribution >= 4 is 27.8 Å². The van der Waals surface area contributed by atoms with E-state index < -0.39 is 0 Å². The van der Waals surface area contributed by atoms with Gasteiger partial charge in [-0.1, -0.05) is 159 Å². The molecule has 0 amide bonds. The van der Waals surface area contributed by atoms with Gasteiger partial charge in [0.05, 0.1) is 0 Å². The van der Waals surface area contributed by atoms with E-state index >= 15 is 0 Å². The molecule has 238 valence electrons. The van der Waals surface area contributed by atoms with Gasteiger partial charge in [-0.3, -0.25) is 0 Å². The van der Waals surface area contributed by atoms with E-state index in [2.05, 4.69) is 207 Å². The Morgan fingerprint density at radius 2 is 0.860 bits per heavy atom. The molecule has 1 aliphatic carbocycles. The van der Waals surface area contributed by atoms with E-state index in [1.165, 1.54) is 66.4 Å². The van der Waals surface area contributed by atoms with Crippen LogP contribution in [0.2, 0.25) is 0 Å². The molecule has 0 radical (unpaired) electrons. The third-order valence-electron chi connectivity index (χ3n) is 10.5. The van der Waals surface area contributed by atoms with Gasteiger partial charge in [-0.25, -0.2) is 0 Å². The Morgan fingerprint density at radius 3 is 1.56 bits per heavy atom. The molecule has 8 aromatic carbocycles. The van der Waals surface area contributed by atoms with Crippen molar-refractivity contribution in [3.63, 3.8) is 0 Å². The summed E-state index contributed by atoms with van der Waals surface area (Å²) in [6.45, 7) is 4.70. The highest BCUT2D eigenvalue weighted by Gasteiger charge is 2.35. The number of hydrogen-bond acceptors (Lipinski definition) is 1. The molecule has 0 heterocycles. The lowest BCUT2D eigenvalue weighted by molar-refractivity contribution is 0.660.